The van der Waals surface area contributed by atoms with Crippen LogP contribution in [0.15, 0.2) is 0 Å². The molecule has 3 nitrogen and oxygen atoms in total. The molecule has 1 fully saturated rings. The van der Waals surface area contributed by atoms with Crippen LogP contribution in [0.4, 0.5) is 0 Å². The van der Waals surface area contributed by atoms with Crippen molar-refractivity contribution in [3.63, 3.8) is 0 Å². The van der Waals surface area contributed by atoms with Crippen molar-refractivity contribution >= 4 is 5.91 Å². The van der Waals surface area contributed by atoms with Gasteiger partial charge in [0.25, 0.3) is 0 Å². The molecule has 0 aliphatic carbocycles. The SMILES string of the molecule is CCC(NC(=O)C1(CC)CCCN1)C(C)C. The van der Waals surface area contributed by atoms with Crippen LogP contribution >= 0.6 is 0 Å². The third-order valence-corrected chi connectivity index (χ3v) is 3.84. The van der Waals surface area contributed by atoms with E-state index in [9.17, 15) is 4.79 Å². The van der Waals surface area contributed by atoms with Gasteiger partial charge in [0, 0.05) is 6.04 Å². The second-order valence-electron chi connectivity index (χ2n) is 5.20. The minimum Gasteiger partial charge on any atom is -0.352 e. The molecule has 1 aliphatic rings. The largest absolute Gasteiger partial charge is 0.352 e. The monoisotopic (exact) mass is 226 g/mol. The molecule has 0 bridgehead atoms. The lowest BCUT2D eigenvalue weighted by atomic mass is 9.91. The van der Waals surface area contributed by atoms with Crippen molar-refractivity contribution in [3.8, 4) is 0 Å². The average molecular weight is 226 g/mol. The van der Waals surface area contributed by atoms with Gasteiger partial charge in [0.2, 0.25) is 5.91 Å². The number of amides is 1. The third-order valence-electron chi connectivity index (χ3n) is 3.84. The van der Waals surface area contributed by atoms with Crippen LogP contribution in [0.3, 0.4) is 0 Å². The molecule has 0 aromatic heterocycles. The fourth-order valence-electron chi connectivity index (χ4n) is 2.51. The van der Waals surface area contributed by atoms with E-state index in [1.54, 1.807) is 0 Å². The second-order valence-corrected chi connectivity index (χ2v) is 5.20. The molecule has 2 N–H and O–H groups in total. The van der Waals surface area contributed by atoms with Gasteiger partial charge in [0.15, 0.2) is 0 Å². The van der Waals surface area contributed by atoms with Crippen LogP contribution in [0.1, 0.15) is 53.4 Å². The van der Waals surface area contributed by atoms with Crippen molar-refractivity contribution in [1.82, 2.24) is 10.6 Å². The fraction of sp³-hybridized carbons (Fsp3) is 0.923. The molecule has 94 valence electrons. The minimum absolute atomic E-state index is 0.202. The molecule has 1 amide bonds. The summed E-state index contributed by atoms with van der Waals surface area (Å²) in [7, 11) is 0. The number of nitrogens with one attached hydrogen (secondary N) is 2. The van der Waals surface area contributed by atoms with Crippen molar-refractivity contribution in [2.75, 3.05) is 6.54 Å². The number of hydrogen-bond acceptors (Lipinski definition) is 2. The van der Waals surface area contributed by atoms with Crippen LogP contribution < -0.4 is 10.6 Å². The van der Waals surface area contributed by atoms with Gasteiger partial charge >= 0.3 is 0 Å². The van der Waals surface area contributed by atoms with Crippen LogP contribution in [0.5, 0.6) is 0 Å². The maximum absolute atomic E-state index is 12.3. The quantitative estimate of drug-likeness (QED) is 0.753. The molecule has 1 rings (SSSR count). The van der Waals surface area contributed by atoms with Crippen molar-refractivity contribution < 1.29 is 4.79 Å². The van der Waals surface area contributed by atoms with Gasteiger partial charge in [0.05, 0.1) is 5.54 Å². The van der Waals surface area contributed by atoms with E-state index in [0.717, 1.165) is 32.2 Å². The van der Waals surface area contributed by atoms with Crippen LogP contribution in [-0.2, 0) is 4.79 Å². The summed E-state index contributed by atoms with van der Waals surface area (Å²) >= 11 is 0. The van der Waals surface area contributed by atoms with Gasteiger partial charge in [-0.15, -0.1) is 0 Å². The Bertz CT molecular complexity index is 232. The summed E-state index contributed by atoms with van der Waals surface area (Å²) in [5, 5.41) is 6.57. The van der Waals surface area contributed by atoms with E-state index in [-0.39, 0.29) is 11.4 Å². The Labute approximate surface area is 99.4 Å². The minimum atomic E-state index is -0.289. The Hall–Kier alpha value is -0.570. The van der Waals surface area contributed by atoms with E-state index in [1.807, 2.05) is 0 Å². The highest BCUT2D eigenvalue weighted by Gasteiger charge is 2.39. The van der Waals surface area contributed by atoms with E-state index >= 15 is 0 Å². The molecule has 1 heterocycles. The van der Waals surface area contributed by atoms with Crippen LogP contribution in [0.2, 0.25) is 0 Å². The van der Waals surface area contributed by atoms with E-state index in [0.29, 0.717) is 12.0 Å². The zero-order valence-electron chi connectivity index (χ0n) is 11.1. The van der Waals surface area contributed by atoms with Crippen molar-refractivity contribution in [2.24, 2.45) is 5.92 Å². The van der Waals surface area contributed by atoms with Crippen LogP contribution in [0, 0.1) is 5.92 Å². The highest BCUT2D eigenvalue weighted by atomic mass is 16.2. The molecule has 1 aliphatic heterocycles. The normalized spacial score (nSPS) is 27.1. The Morgan fingerprint density at radius 1 is 1.44 bits per heavy atom. The first-order valence-corrected chi connectivity index (χ1v) is 6.61. The van der Waals surface area contributed by atoms with Gasteiger partial charge in [-0.3, -0.25) is 4.79 Å². The number of carbonyl (C=O) groups excluding carboxylic acids is 1. The van der Waals surface area contributed by atoms with E-state index in [1.165, 1.54) is 0 Å². The molecule has 0 spiro atoms. The molecule has 3 heteroatoms. The smallest absolute Gasteiger partial charge is 0.240 e. The van der Waals surface area contributed by atoms with Crippen molar-refractivity contribution in [3.05, 3.63) is 0 Å². The fourth-order valence-corrected chi connectivity index (χ4v) is 2.51. The molecule has 0 radical (unpaired) electrons. The summed E-state index contributed by atoms with van der Waals surface area (Å²) in [6.07, 6.45) is 3.97. The van der Waals surface area contributed by atoms with Crippen molar-refractivity contribution in [1.29, 1.82) is 0 Å². The van der Waals surface area contributed by atoms with E-state index in [4.69, 9.17) is 0 Å². The summed E-state index contributed by atoms with van der Waals surface area (Å²) < 4.78 is 0. The number of hydrogen-bond donors (Lipinski definition) is 2. The lowest BCUT2D eigenvalue weighted by molar-refractivity contribution is -0.128. The molecule has 0 aromatic rings. The third kappa shape index (κ3) is 2.76. The number of carbonyl (C=O) groups is 1. The summed E-state index contributed by atoms with van der Waals surface area (Å²) in [5.74, 6) is 0.706. The molecular formula is C13H26N2O. The van der Waals surface area contributed by atoms with E-state index in [2.05, 4.69) is 38.3 Å². The summed E-state index contributed by atoms with van der Waals surface area (Å²) in [6, 6.07) is 0.304. The Balaban J connectivity index is 2.62. The highest BCUT2D eigenvalue weighted by molar-refractivity contribution is 5.86. The first kappa shape index (κ1) is 13.5. The Morgan fingerprint density at radius 2 is 2.12 bits per heavy atom. The zero-order valence-corrected chi connectivity index (χ0v) is 11.1. The lowest BCUT2D eigenvalue weighted by Crippen LogP contribution is -2.56. The van der Waals surface area contributed by atoms with Gasteiger partial charge in [-0.1, -0.05) is 27.7 Å². The van der Waals surface area contributed by atoms with Gasteiger partial charge in [-0.05, 0) is 38.1 Å². The zero-order chi connectivity index (χ0) is 12.2. The van der Waals surface area contributed by atoms with Crippen LogP contribution in [0.25, 0.3) is 0 Å². The topological polar surface area (TPSA) is 41.1 Å². The van der Waals surface area contributed by atoms with Gasteiger partial charge in [-0.2, -0.15) is 0 Å². The Morgan fingerprint density at radius 3 is 2.50 bits per heavy atom. The first-order chi connectivity index (χ1) is 7.55. The second kappa shape index (κ2) is 5.67. The molecule has 2 unspecified atom stereocenters. The summed E-state index contributed by atoms with van der Waals surface area (Å²) in [6.45, 7) is 9.52. The average Bonchev–Trinajstić information content (AvgIpc) is 2.74. The Kier molecular flexibility index (Phi) is 4.78. The predicted octanol–water partition coefficient (Wildman–Crippen LogP) is 2.07. The van der Waals surface area contributed by atoms with Crippen molar-refractivity contribution in [2.45, 2.75) is 65.0 Å². The molecular weight excluding hydrogens is 200 g/mol. The summed E-state index contributed by atoms with van der Waals surface area (Å²) in [5.41, 5.74) is -0.289. The summed E-state index contributed by atoms with van der Waals surface area (Å²) in [4.78, 5) is 12.3. The maximum Gasteiger partial charge on any atom is 0.240 e. The maximum atomic E-state index is 12.3. The highest BCUT2D eigenvalue weighted by Crippen LogP contribution is 2.23. The molecule has 0 aromatic carbocycles. The first-order valence-electron chi connectivity index (χ1n) is 6.61. The van der Waals surface area contributed by atoms with Gasteiger partial charge in [-0.25, -0.2) is 0 Å². The number of rotatable bonds is 5. The molecule has 16 heavy (non-hydrogen) atoms. The molecule has 2 atom stereocenters. The van der Waals surface area contributed by atoms with E-state index < -0.39 is 0 Å². The van der Waals surface area contributed by atoms with Crippen LogP contribution in [-0.4, -0.2) is 24.0 Å². The van der Waals surface area contributed by atoms with Gasteiger partial charge < -0.3 is 10.6 Å². The van der Waals surface area contributed by atoms with Gasteiger partial charge in [0.1, 0.15) is 0 Å². The standard InChI is InChI=1S/C13H26N2O/c1-5-11(10(3)4)15-12(16)13(6-2)8-7-9-14-13/h10-11,14H,5-9H2,1-4H3,(H,15,16). The molecule has 0 saturated carbocycles. The molecule has 1 saturated heterocycles. The lowest BCUT2D eigenvalue weighted by Gasteiger charge is -2.30. The predicted molar refractivity (Wildman–Crippen MR) is 67.3 cm³/mol.